The van der Waals surface area contributed by atoms with Crippen LogP contribution in [0.2, 0.25) is 0 Å². The van der Waals surface area contributed by atoms with E-state index in [1.807, 2.05) is 12.1 Å². The predicted octanol–water partition coefficient (Wildman–Crippen LogP) is 1.04. The van der Waals surface area contributed by atoms with E-state index >= 15 is 0 Å². The van der Waals surface area contributed by atoms with Crippen LogP contribution < -0.4 is 15.8 Å². The molecule has 1 aliphatic rings. The number of ether oxygens (including phenoxy) is 1. The van der Waals surface area contributed by atoms with Gasteiger partial charge in [-0.05, 0) is 31.0 Å². The molecule has 92 valence electrons. The average molecular weight is 235 g/mol. The fourth-order valence-electron chi connectivity index (χ4n) is 1.68. The third kappa shape index (κ3) is 2.88. The lowest BCUT2D eigenvalue weighted by molar-refractivity contribution is 0.318. The number of oxime groups is 1. The minimum Gasteiger partial charge on any atom is -0.496 e. The molecule has 0 unspecified atom stereocenters. The van der Waals surface area contributed by atoms with Gasteiger partial charge in [0.25, 0.3) is 0 Å². The van der Waals surface area contributed by atoms with Crippen molar-refractivity contribution in [1.29, 1.82) is 0 Å². The van der Waals surface area contributed by atoms with Crippen LogP contribution in [0, 0.1) is 0 Å². The topological polar surface area (TPSA) is 79.9 Å². The second-order valence-electron chi connectivity index (χ2n) is 4.17. The predicted molar refractivity (Wildman–Crippen MR) is 65.4 cm³/mol. The highest BCUT2D eigenvalue weighted by Gasteiger charge is 2.20. The van der Waals surface area contributed by atoms with E-state index in [2.05, 4.69) is 10.5 Å². The Morgan fingerprint density at radius 3 is 2.94 bits per heavy atom. The number of nitrogens with two attached hydrogens (primary N) is 1. The van der Waals surface area contributed by atoms with E-state index in [1.165, 1.54) is 12.8 Å². The maximum Gasteiger partial charge on any atom is 0.170 e. The number of amidine groups is 1. The zero-order valence-electron chi connectivity index (χ0n) is 9.81. The third-order valence-corrected chi connectivity index (χ3v) is 2.84. The van der Waals surface area contributed by atoms with Gasteiger partial charge in [0.05, 0.1) is 7.11 Å². The Morgan fingerprint density at radius 1 is 1.59 bits per heavy atom. The molecule has 2 rings (SSSR count). The van der Waals surface area contributed by atoms with Crippen molar-refractivity contribution in [3.8, 4) is 5.75 Å². The molecule has 5 nitrogen and oxygen atoms in total. The quantitative estimate of drug-likeness (QED) is 0.308. The van der Waals surface area contributed by atoms with E-state index in [4.69, 9.17) is 15.7 Å². The molecule has 0 spiro atoms. The van der Waals surface area contributed by atoms with Gasteiger partial charge in [-0.15, -0.1) is 0 Å². The van der Waals surface area contributed by atoms with Gasteiger partial charge in [-0.3, -0.25) is 0 Å². The lowest BCUT2D eigenvalue weighted by Crippen LogP contribution is -2.18. The number of hydrogen-bond donors (Lipinski definition) is 3. The minimum atomic E-state index is 0.111. The molecule has 0 saturated heterocycles. The van der Waals surface area contributed by atoms with Gasteiger partial charge in [-0.1, -0.05) is 5.16 Å². The smallest absolute Gasteiger partial charge is 0.170 e. The van der Waals surface area contributed by atoms with Gasteiger partial charge in [-0.25, -0.2) is 0 Å². The molecule has 0 aromatic heterocycles. The molecule has 0 radical (unpaired) electrons. The first kappa shape index (κ1) is 11.7. The zero-order valence-corrected chi connectivity index (χ0v) is 9.81. The molecule has 1 saturated carbocycles. The van der Waals surface area contributed by atoms with Crippen molar-refractivity contribution in [2.45, 2.75) is 25.4 Å². The van der Waals surface area contributed by atoms with E-state index in [9.17, 15) is 0 Å². The van der Waals surface area contributed by atoms with Crippen LogP contribution in [0.15, 0.2) is 23.4 Å². The summed E-state index contributed by atoms with van der Waals surface area (Å²) in [6, 6.07) is 6.11. The van der Waals surface area contributed by atoms with Crippen LogP contribution in [0.1, 0.15) is 24.0 Å². The fourth-order valence-corrected chi connectivity index (χ4v) is 1.68. The van der Waals surface area contributed by atoms with Gasteiger partial charge in [0.1, 0.15) is 5.75 Å². The highest BCUT2D eigenvalue weighted by atomic mass is 16.5. The Balaban J connectivity index is 2.18. The van der Waals surface area contributed by atoms with Crippen LogP contribution in [-0.4, -0.2) is 24.2 Å². The number of rotatable bonds is 5. The maximum absolute atomic E-state index is 8.65. The van der Waals surface area contributed by atoms with Gasteiger partial charge in [-0.2, -0.15) is 0 Å². The largest absolute Gasteiger partial charge is 0.496 e. The molecular weight excluding hydrogens is 218 g/mol. The van der Waals surface area contributed by atoms with Crippen LogP contribution in [0.5, 0.6) is 5.75 Å². The van der Waals surface area contributed by atoms with E-state index < -0.39 is 0 Å². The molecule has 0 amide bonds. The number of nitrogens with zero attached hydrogens (tertiary/aromatic N) is 1. The Morgan fingerprint density at radius 2 is 2.35 bits per heavy atom. The zero-order chi connectivity index (χ0) is 12.3. The molecule has 17 heavy (non-hydrogen) atoms. The van der Waals surface area contributed by atoms with Crippen molar-refractivity contribution in [3.63, 3.8) is 0 Å². The lowest BCUT2D eigenvalue weighted by atomic mass is 10.1. The summed E-state index contributed by atoms with van der Waals surface area (Å²) in [5.74, 6) is 0.924. The molecule has 5 heteroatoms. The summed E-state index contributed by atoms with van der Waals surface area (Å²) >= 11 is 0. The van der Waals surface area contributed by atoms with E-state index in [0.29, 0.717) is 11.6 Å². The minimum absolute atomic E-state index is 0.111. The summed E-state index contributed by atoms with van der Waals surface area (Å²) in [5, 5.41) is 15.1. The van der Waals surface area contributed by atoms with Crippen molar-refractivity contribution in [2.75, 3.05) is 7.11 Å². The first-order chi connectivity index (χ1) is 8.24. The second-order valence-corrected chi connectivity index (χ2v) is 4.17. The number of hydrogen-bond acceptors (Lipinski definition) is 4. The second kappa shape index (κ2) is 5.05. The maximum atomic E-state index is 8.65. The molecule has 1 aromatic rings. The summed E-state index contributed by atoms with van der Waals surface area (Å²) in [6.07, 6.45) is 2.48. The van der Waals surface area contributed by atoms with E-state index in [0.717, 1.165) is 17.9 Å². The Bertz CT molecular complexity index is 428. The number of methoxy groups -OCH3 is 1. The first-order valence-corrected chi connectivity index (χ1v) is 5.62. The Labute approximate surface area is 100 Å². The summed E-state index contributed by atoms with van der Waals surface area (Å²) in [4.78, 5) is 0. The number of nitrogens with one attached hydrogen (secondary N) is 1. The molecule has 1 aliphatic carbocycles. The molecule has 0 bridgehead atoms. The van der Waals surface area contributed by atoms with Crippen molar-refractivity contribution in [3.05, 3.63) is 29.3 Å². The summed E-state index contributed by atoms with van der Waals surface area (Å²) in [5.41, 5.74) is 7.27. The van der Waals surface area contributed by atoms with Crippen LogP contribution in [-0.2, 0) is 6.54 Å². The molecular formula is C12H17N3O2. The van der Waals surface area contributed by atoms with Crippen LogP contribution in [0.3, 0.4) is 0 Å². The average Bonchev–Trinajstić information content (AvgIpc) is 3.19. The fraction of sp³-hybridized carbons (Fsp3) is 0.417. The van der Waals surface area contributed by atoms with Gasteiger partial charge in [0, 0.05) is 23.7 Å². The summed E-state index contributed by atoms with van der Waals surface area (Å²) in [7, 11) is 1.64. The van der Waals surface area contributed by atoms with Crippen LogP contribution in [0.4, 0.5) is 0 Å². The normalized spacial score (nSPS) is 15.9. The van der Waals surface area contributed by atoms with Gasteiger partial charge in [0.2, 0.25) is 0 Å². The Kier molecular flexibility index (Phi) is 3.49. The molecule has 0 heterocycles. The van der Waals surface area contributed by atoms with Crippen molar-refractivity contribution >= 4 is 5.84 Å². The number of benzene rings is 1. The molecule has 4 N–H and O–H groups in total. The monoisotopic (exact) mass is 235 g/mol. The lowest BCUT2D eigenvalue weighted by Gasteiger charge is -2.11. The van der Waals surface area contributed by atoms with Crippen molar-refractivity contribution in [1.82, 2.24) is 5.32 Å². The summed E-state index contributed by atoms with van der Waals surface area (Å²) in [6.45, 7) is 0.736. The highest BCUT2D eigenvalue weighted by Crippen LogP contribution is 2.23. The van der Waals surface area contributed by atoms with Crippen molar-refractivity contribution in [2.24, 2.45) is 10.9 Å². The van der Waals surface area contributed by atoms with E-state index in [1.54, 1.807) is 13.2 Å². The Hall–Kier alpha value is -1.75. The van der Waals surface area contributed by atoms with E-state index in [-0.39, 0.29) is 5.84 Å². The summed E-state index contributed by atoms with van der Waals surface area (Å²) < 4.78 is 5.28. The SMILES string of the molecule is COc1ccc(/C(N)=N/O)cc1CNC1CC1. The molecule has 0 aliphatic heterocycles. The van der Waals surface area contributed by atoms with Gasteiger partial charge < -0.3 is 21.0 Å². The van der Waals surface area contributed by atoms with Crippen molar-refractivity contribution < 1.29 is 9.94 Å². The molecule has 0 atom stereocenters. The standard InChI is InChI=1S/C12H17N3O2/c1-17-11-5-2-8(12(13)15-16)6-9(11)7-14-10-3-4-10/h2,5-6,10,14,16H,3-4,7H2,1H3,(H2,13,15). The third-order valence-electron chi connectivity index (χ3n) is 2.84. The first-order valence-electron chi connectivity index (χ1n) is 5.62. The van der Waals surface area contributed by atoms with Gasteiger partial charge >= 0.3 is 0 Å². The van der Waals surface area contributed by atoms with Crippen LogP contribution >= 0.6 is 0 Å². The van der Waals surface area contributed by atoms with Gasteiger partial charge in [0.15, 0.2) is 5.84 Å². The van der Waals surface area contributed by atoms with Crippen LogP contribution in [0.25, 0.3) is 0 Å². The molecule has 1 fully saturated rings. The molecule has 1 aromatic carbocycles. The highest BCUT2D eigenvalue weighted by molar-refractivity contribution is 5.97.